The first-order valence-electron chi connectivity index (χ1n) is 8.81. The molecular weight excluding hydrogens is 362 g/mol. The molecule has 1 atom stereocenters. The lowest BCUT2D eigenvalue weighted by Crippen LogP contribution is -2.37. The van der Waals surface area contributed by atoms with Gasteiger partial charge in [-0.1, -0.05) is 42.5 Å². The van der Waals surface area contributed by atoms with Crippen LogP contribution < -0.4 is 5.76 Å². The van der Waals surface area contributed by atoms with Crippen molar-refractivity contribution in [3.63, 3.8) is 0 Å². The van der Waals surface area contributed by atoms with Crippen molar-refractivity contribution in [1.29, 1.82) is 0 Å². The van der Waals surface area contributed by atoms with E-state index < -0.39 is 29.6 Å². The molecule has 3 aromatic rings. The van der Waals surface area contributed by atoms with E-state index in [1.165, 1.54) is 4.57 Å². The van der Waals surface area contributed by atoms with Crippen LogP contribution in [0.2, 0.25) is 0 Å². The van der Waals surface area contributed by atoms with Gasteiger partial charge in [-0.2, -0.15) is 0 Å². The highest BCUT2D eigenvalue weighted by molar-refractivity contribution is 6.44. The molecule has 1 saturated heterocycles. The summed E-state index contributed by atoms with van der Waals surface area (Å²) in [6, 6.07) is 14.6. The molecule has 8 nitrogen and oxygen atoms in total. The van der Waals surface area contributed by atoms with Crippen molar-refractivity contribution in [2.24, 2.45) is 0 Å². The van der Waals surface area contributed by atoms with E-state index in [1.54, 1.807) is 55.5 Å². The van der Waals surface area contributed by atoms with E-state index in [1.807, 2.05) is 6.07 Å². The topological polar surface area (TPSA) is 92.8 Å². The van der Waals surface area contributed by atoms with E-state index in [-0.39, 0.29) is 13.1 Å². The van der Waals surface area contributed by atoms with Crippen molar-refractivity contribution in [2.75, 3.05) is 6.54 Å². The molecule has 1 aliphatic rings. The molecule has 0 N–H and O–H groups in total. The molecule has 1 fully saturated rings. The van der Waals surface area contributed by atoms with Crippen LogP contribution in [0.1, 0.15) is 18.5 Å². The largest absolute Gasteiger partial charge is 0.420 e. The smallest absolute Gasteiger partial charge is 0.408 e. The second-order valence-electron chi connectivity index (χ2n) is 6.49. The number of nitrogens with zero attached hydrogens (tertiary/aromatic N) is 3. The number of hydrogen-bond donors (Lipinski definition) is 0. The van der Waals surface area contributed by atoms with Gasteiger partial charge in [0.2, 0.25) is 0 Å². The third-order valence-electron chi connectivity index (χ3n) is 4.87. The van der Waals surface area contributed by atoms with Gasteiger partial charge in [0.25, 0.3) is 0 Å². The van der Waals surface area contributed by atoms with Crippen LogP contribution in [0, 0.1) is 0 Å². The van der Waals surface area contributed by atoms with Gasteiger partial charge in [0.15, 0.2) is 5.58 Å². The Morgan fingerprint density at radius 1 is 0.857 bits per heavy atom. The predicted octanol–water partition coefficient (Wildman–Crippen LogP) is 2.15. The first-order chi connectivity index (χ1) is 13.5. The fourth-order valence-electron chi connectivity index (χ4n) is 3.37. The molecule has 8 heteroatoms. The highest BCUT2D eigenvalue weighted by Crippen LogP contribution is 2.26. The maximum Gasteiger partial charge on any atom is 0.420 e. The van der Waals surface area contributed by atoms with E-state index >= 15 is 0 Å². The molecule has 1 aromatic heterocycles. The van der Waals surface area contributed by atoms with Gasteiger partial charge in [-0.3, -0.25) is 19.1 Å². The van der Waals surface area contributed by atoms with Crippen molar-refractivity contribution < 1.29 is 18.8 Å². The Morgan fingerprint density at radius 3 is 2.29 bits per heavy atom. The molecule has 0 spiro atoms. The SMILES string of the molecule is CC(c1ccccc1)N1C(=O)C(=O)N(CCn2c(=O)oc3ccccc32)C1=O. The number of rotatable bonds is 5. The number of carbonyl (C=O) groups is 3. The summed E-state index contributed by atoms with van der Waals surface area (Å²) < 4.78 is 6.48. The van der Waals surface area contributed by atoms with Crippen molar-refractivity contribution in [3.8, 4) is 0 Å². The van der Waals surface area contributed by atoms with E-state index in [4.69, 9.17) is 4.42 Å². The minimum atomic E-state index is -0.895. The van der Waals surface area contributed by atoms with Gasteiger partial charge in [-0.15, -0.1) is 0 Å². The average molecular weight is 379 g/mol. The third kappa shape index (κ3) is 2.79. The molecule has 0 bridgehead atoms. The molecule has 1 unspecified atom stereocenters. The number of oxazole rings is 1. The summed E-state index contributed by atoms with van der Waals surface area (Å²) in [4.78, 5) is 51.4. The molecule has 0 radical (unpaired) electrons. The molecule has 4 amide bonds. The first-order valence-corrected chi connectivity index (χ1v) is 8.81. The number of fused-ring (bicyclic) bond motifs is 1. The Kier molecular flexibility index (Phi) is 4.31. The molecule has 1 aliphatic heterocycles. The number of aromatic nitrogens is 1. The molecular formula is C20H17N3O5. The normalized spacial score (nSPS) is 15.7. The Balaban J connectivity index is 1.56. The number of para-hydroxylation sites is 2. The lowest BCUT2D eigenvalue weighted by atomic mass is 10.1. The zero-order valence-electron chi connectivity index (χ0n) is 15.1. The van der Waals surface area contributed by atoms with Crippen LogP contribution in [-0.2, 0) is 16.1 Å². The van der Waals surface area contributed by atoms with Crippen LogP contribution in [0.4, 0.5) is 4.79 Å². The fraction of sp³-hybridized carbons (Fsp3) is 0.200. The summed E-state index contributed by atoms with van der Waals surface area (Å²) in [7, 11) is 0. The van der Waals surface area contributed by atoms with Crippen LogP contribution >= 0.6 is 0 Å². The third-order valence-corrected chi connectivity index (χ3v) is 4.87. The predicted molar refractivity (Wildman–Crippen MR) is 99.3 cm³/mol. The molecule has 28 heavy (non-hydrogen) atoms. The van der Waals surface area contributed by atoms with Crippen molar-refractivity contribution in [3.05, 3.63) is 70.7 Å². The monoisotopic (exact) mass is 379 g/mol. The highest BCUT2D eigenvalue weighted by Gasteiger charge is 2.46. The van der Waals surface area contributed by atoms with Crippen LogP contribution in [0.15, 0.2) is 63.8 Å². The van der Waals surface area contributed by atoms with Crippen LogP contribution in [0.3, 0.4) is 0 Å². The molecule has 0 saturated carbocycles. The number of amides is 4. The second-order valence-corrected chi connectivity index (χ2v) is 6.49. The summed E-state index contributed by atoms with van der Waals surface area (Å²) >= 11 is 0. The number of benzene rings is 2. The quantitative estimate of drug-likeness (QED) is 0.500. The van der Waals surface area contributed by atoms with E-state index in [0.29, 0.717) is 11.1 Å². The summed E-state index contributed by atoms with van der Waals surface area (Å²) in [6.45, 7) is 1.62. The standard InChI is InChI=1S/C20H17N3O5/c1-13(14-7-3-2-4-8-14)23-18(25)17(24)22(19(23)26)12-11-21-15-9-5-6-10-16(15)28-20(21)27/h2-10,13H,11-12H2,1H3. The zero-order valence-corrected chi connectivity index (χ0v) is 15.1. The van der Waals surface area contributed by atoms with Crippen LogP contribution in [-0.4, -0.2) is 38.8 Å². The average Bonchev–Trinajstić information content (AvgIpc) is 3.13. The van der Waals surface area contributed by atoms with E-state index in [0.717, 1.165) is 15.4 Å². The maximum atomic E-state index is 12.7. The Labute approximate surface area is 159 Å². The number of imide groups is 2. The molecule has 0 aliphatic carbocycles. The minimum absolute atomic E-state index is 0.0359. The van der Waals surface area contributed by atoms with Gasteiger partial charge >= 0.3 is 23.6 Å². The van der Waals surface area contributed by atoms with E-state index in [2.05, 4.69) is 0 Å². The van der Waals surface area contributed by atoms with Gasteiger partial charge in [0.05, 0.1) is 11.6 Å². The Hall–Kier alpha value is -3.68. The zero-order chi connectivity index (χ0) is 19.8. The van der Waals surface area contributed by atoms with Crippen LogP contribution in [0.25, 0.3) is 11.1 Å². The van der Waals surface area contributed by atoms with Crippen molar-refractivity contribution in [1.82, 2.24) is 14.4 Å². The summed E-state index contributed by atoms with van der Waals surface area (Å²) in [5, 5.41) is 0. The maximum absolute atomic E-state index is 12.7. The van der Waals surface area contributed by atoms with Crippen molar-refractivity contribution >= 4 is 28.9 Å². The molecule has 2 heterocycles. The fourth-order valence-corrected chi connectivity index (χ4v) is 3.37. The molecule has 4 rings (SSSR count). The lowest BCUT2D eigenvalue weighted by molar-refractivity contribution is -0.144. The summed E-state index contributed by atoms with van der Waals surface area (Å²) in [5.74, 6) is -2.35. The first kappa shape index (κ1) is 17.7. The van der Waals surface area contributed by atoms with Crippen LogP contribution in [0.5, 0.6) is 0 Å². The molecule has 142 valence electrons. The number of urea groups is 1. The van der Waals surface area contributed by atoms with Gasteiger partial charge < -0.3 is 4.42 Å². The van der Waals surface area contributed by atoms with Gasteiger partial charge in [0.1, 0.15) is 0 Å². The minimum Gasteiger partial charge on any atom is -0.408 e. The second kappa shape index (κ2) is 6.80. The van der Waals surface area contributed by atoms with Gasteiger partial charge in [-0.25, -0.2) is 14.5 Å². The lowest BCUT2D eigenvalue weighted by Gasteiger charge is -2.22. The highest BCUT2D eigenvalue weighted by atomic mass is 16.4. The summed E-state index contributed by atoms with van der Waals surface area (Å²) in [6.07, 6.45) is 0. The summed E-state index contributed by atoms with van der Waals surface area (Å²) in [5.41, 5.74) is 1.73. The number of hydrogen-bond acceptors (Lipinski definition) is 5. The Morgan fingerprint density at radius 2 is 1.54 bits per heavy atom. The molecule has 2 aromatic carbocycles. The number of carbonyl (C=O) groups excluding carboxylic acids is 3. The van der Waals surface area contributed by atoms with Crippen molar-refractivity contribution in [2.45, 2.75) is 19.5 Å². The van der Waals surface area contributed by atoms with Gasteiger partial charge in [0, 0.05) is 13.1 Å². The van der Waals surface area contributed by atoms with E-state index in [9.17, 15) is 19.2 Å². The Bertz CT molecular complexity index is 1130. The van der Waals surface area contributed by atoms with Gasteiger partial charge in [-0.05, 0) is 24.6 Å².